The second-order valence-corrected chi connectivity index (χ2v) is 9.29. The van der Waals surface area contributed by atoms with Gasteiger partial charge in [0, 0.05) is 45.5 Å². The van der Waals surface area contributed by atoms with E-state index in [1.54, 1.807) is 37.1 Å². The van der Waals surface area contributed by atoms with E-state index in [4.69, 9.17) is 4.52 Å². The molecule has 2 aromatic heterocycles. The SMILES string of the molecule is Cc1noc(C)c1S(=O)(=O)N1CCN(C(=O)c2cccnc2N2CCCC2)CC1. The highest BCUT2D eigenvalue weighted by molar-refractivity contribution is 7.89. The molecular formula is C19H25N5O4S. The smallest absolute Gasteiger partial charge is 0.257 e. The van der Waals surface area contributed by atoms with Crippen molar-refractivity contribution < 1.29 is 17.7 Å². The van der Waals surface area contributed by atoms with E-state index in [1.165, 1.54) is 4.31 Å². The van der Waals surface area contributed by atoms with E-state index < -0.39 is 10.0 Å². The van der Waals surface area contributed by atoms with Gasteiger partial charge in [-0.05, 0) is 38.8 Å². The molecule has 4 rings (SSSR count). The monoisotopic (exact) mass is 419 g/mol. The van der Waals surface area contributed by atoms with E-state index in [2.05, 4.69) is 15.0 Å². The molecule has 0 saturated carbocycles. The first-order chi connectivity index (χ1) is 13.9. The van der Waals surface area contributed by atoms with E-state index in [0.717, 1.165) is 31.7 Å². The number of nitrogens with zero attached hydrogens (tertiary/aromatic N) is 5. The van der Waals surface area contributed by atoms with E-state index in [0.29, 0.717) is 24.3 Å². The van der Waals surface area contributed by atoms with Crippen molar-refractivity contribution in [2.75, 3.05) is 44.2 Å². The summed E-state index contributed by atoms with van der Waals surface area (Å²) in [5, 5.41) is 3.75. The molecule has 0 atom stereocenters. The first-order valence-electron chi connectivity index (χ1n) is 9.82. The van der Waals surface area contributed by atoms with Crippen LogP contribution in [0.4, 0.5) is 5.82 Å². The highest BCUT2D eigenvalue weighted by Crippen LogP contribution is 2.26. The number of aryl methyl sites for hydroxylation is 2. The van der Waals surface area contributed by atoms with Gasteiger partial charge in [0.15, 0.2) is 5.76 Å². The van der Waals surface area contributed by atoms with E-state index in [-0.39, 0.29) is 29.7 Å². The third-order valence-electron chi connectivity index (χ3n) is 5.51. The zero-order valence-corrected chi connectivity index (χ0v) is 17.5. The minimum absolute atomic E-state index is 0.102. The van der Waals surface area contributed by atoms with Crippen LogP contribution >= 0.6 is 0 Å². The van der Waals surface area contributed by atoms with Gasteiger partial charge in [-0.3, -0.25) is 4.79 Å². The summed E-state index contributed by atoms with van der Waals surface area (Å²) in [6, 6.07) is 3.57. The van der Waals surface area contributed by atoms with E-state index in [1.807, 2.05) is 0 Å². The normalized spacial score (nSPS) is 18.4. The highest BCUT2D eigenvalue weighted by atomic mass is 32.2. The molecule has 0 unspecified atom stereocenters. The lowest BCUT2D eigenvalue weighted by atomic mass is 10.2. The van der Waals surface area contributed by atoms with Gasteiger partial charge < -0.3 is 14.3 Å². The fourth-order valence-corrected chi connectivity index (χ4v) is 5.73. The minimum Gasteiger partial charge on any atom is -0.360 e. The number of anilines is 1. The van der Waals surface area contributed by atoms with Crippen LogP contribution in [0.25, 0.3) is 0 Å². The van der Waals surface area contributed by atoms with Gasteiger partial charge in [0.05, 0.1) is 5.56 Å². The molecule has 1 amide bonds. The van der Waals surface area contributed by atoms with Gasteiger partial charge in [-0.1, -0.05) is 5.16 Å². The number of rotatable bonds is 4. The molecule has 29 heavy (non-hydrogen) atoms. The molecule has 0 spiro atoms. The first-order valence-corrected chi connectivity index (χ1v) is 11.3. The van der Waals surface area contributed by atoms with E-state index >= 15 is 0 Å². The van der Waals surface area contributed by atoms with Gasteiger partial charge in [0.2, 0.25) is 10.0 Å². The Morgan fingerprint density at radius 2 is 1.76 bits per heavy atom. The summed E-state index contributed by atoms with van der Waals surface area (Å²) >= 11 is 0. The number of sulfonamides is 1. The molecule has 0 bridgehead atoms. The number of pyridine rings is 1. The van der Waals surface area contributed by atoms with Crippen molar-refractivity contribution in [2.24, 2.45) is 0 Å². The molecule has 2 aliphatic heterocycles. The Balaban J connectivity index is 1.49. The predicted molar refractivity (Wildman–Crippen MR) is 106 cm³/mol. The standard InChI is InChI=1S/C19H25N5O4S/c1-14-17(15(2)28-21-14)29(26,27)24-12-10-23(11-13-24)19(25)16-6-5-7-20-18(16)22-8-3-4-9-22/h5-7H,3-4,8-13H2,1-2H3. The lowest BCUT2D eigenvalue weighted by Gasteiger charge is -2.34. The number of piperazine rings is 1. The largest absolute Gasteiger partial charge is 0.360 e. The number of aromatic nitrogens is 2. The average molecular weight is 420 g/mol. The molecule has 2 fully saturated rings. The number of hydrogen-bond acceptors (Lipinski definition) is 7. The van der Waals surface area contributed by atoms with Crippen molar-refractivity contribution in [1.82, 2.24) is 19.3 Å². The average Bonchev–Trinajstić information content (AvgIpc) is 3.37. The Bertz CT molecular complexity index is 986. The maximum absolute atomic E-state index is 13.1. The molecule has 0 N–H and O–H groups in total. The van der Waals surface area contributed by atoms with Crippen LogP contribution in [0.15, 0.2) is 27.7 Å². The maximum Gasteiger partial charge on any atom is 0.257 e. The lowest BCUT2D eigenvalue weighted by molar-refractivity contribution is 0.0698. The van der Waals surface area contributed by atoms with Crippen LogP contribution in [0.3, 0.4) is 0 Å². The second kappa shape index (κ2) is 7.75. The van der Waals surface area contributed by atoms with Crippen molar-refractivity contribution in [3.8, 4) is 0 Å². The molecule has 0 aliphatic carbocycles. The van der Waals surface area contributed by atoms with Crippen molar-refractivity contribution in [1.29, 1.82) is 0 Å². The van der Waals surface area contributed by atoms with Crippen LogP contribution in [0, 0.1) is 13.8 Å². The Hall–Kier alpha value is -2.46. The second-order valence-electron chi connectivity index (χ2n) is 7.42. The highest BCUT2D eigenvalue weighted by Gasteiger charge is 2.35. The molecule has 2 aromatic rings. The summed E-state index contributed by atoms with van der Waals surface area (Å²) in [4.78, 5) is 21.5. The minimum atomic E-state index is -3.70. The molecule has 2 saturated heterocycles. The van der Waals surface area contributed by atoms with Crippen molar-refractivity contribution in [3.63, 3.8) is 0 Å². The Morgan fingerprint density at radius 3 is 2.38 bits per heavy atom. The quantitative estimate of drug-likeness (QED) is 0.739. The summed E-state index contributed by atoms with van der Waals surface area (Å²) in [7, 11) is -3.70. The maximum atomic E-state index is 13.1. The van der Waals surface area contributed by atoms with Crippen molar-refractivity contribution in [2.45, 2.75) is 31.6 Å². The molecule has 0 radical (unpaired) electrons. The molecule has 2 aliphatic rings. The molecule has 10 heteroatoms. The molecular weight excluding hydrogens is 394 g/mol. The third kappa shape index (κ3) is 3.62. The number of amides is 1. The van der Waals surface area contributed by atoms with Gasteiger partial charge in [-0.25, -0.2) is 13.4 Å². The van der Waals surface area contributed by atoms with Gasteiger partial charge in [-0.2, -0.15) is 4.31 Å². The molecule has 156 valence electrons. The van der Waals surface area contributed by atoms with E-state index in [9.17, 15) is 13.2 Å². The van der Waals surface area contributed by atoms with Crippen LogP contribution in [0.1, 0.15) is 34.7 Å². The van der Waals surface area contributed by atoms with Crippen molar-refractivity contribution >= 4 is 21.7 Å². The fourth-order valence-electron chi connectivity index (χ4n) is 4.02. The van der Waals surface area contributed by atoms with Crippen LogP contribution in [0.5, 0.6) is 0 Å². The summed E-state index contributed by atoms with van der Waals surface area (Å²) in [6.45, 7) is 6.14. The van der Waals surface area contributed by atoms with Crippen LogP contribution in [-0.2, 0) is 10.0 Å². The molecule has 0 aromatic carbocycles. The zero-order valence-electron chi connectivity index (χ0n) is 16.7. The molecule has 9 nitrogen and oxygen atoms in total. The predicted octanol–water partition coefficient (Wildman–Crippen LogP) is 1.43. The number of hydrogen-bond donors (Lipinski definition) is 0. The summed E-state index contributed by atoms with van der Waals surface area (Å²) < 4.78 is 32.4. The summed E-state index contributed by atoms with van der Waals surface area (Å²) in [5.74, 6) is 0.904. The first kappa shape index (κ1) is 19.8. The molecule has 4 heterocycles. The summed E-state index contributed by atoms with van der Waals surface area (Å²) in [6.07, 6.45) is 3.91. The van der Waals surface area contributed by atoms with Gasteiger partial charge >= 0.3 is 0 Å². The lowest BCUT2D eigenvalue weighted by Crippen LogP contribution is -2.50. The van der Waals surface area contributed by atoms with Crippen LogP contribution in [0.2, 0.25) is 0 Å². The van der Waals surface area contributed by atoms with Gasteiger partial charge in [0.25, 0.3) is 5.91 Å². The van der Waals surface area contributed by atoms with Gasteiger partial charge in [-0.15, -0.1) is 0 Å². The Kier molecular flexibility index (Phi) is 5.30. The van der Waals surface area contributed by atoms with Crippen LogP contribution in [-0.4, -0.2) is 72.9 Å². The van der Waals surface area contributed by atoms with Gasteiger partial charge in [0.1, 0.15) is 16.4 Å². The topological polar surface area (TPSA) is 99.8 Å². The third-order valence-corrected chi connectivity index (χ3v) is 7.66. The number of carbonyl (C=O) groups excluding carboxylic acids is 1. The number of carbonyl (C=O) groups is 1. The fraction of sp³-hybridized carbons (Fsp3) is 0.526. The van der Waals surface area contributed by atoms with Crippen LogP contribution < -0.4 is 4.90 Å². The summed E-state index contributed by atoms with van der Waals surface area (Å²) in [5.41, 5.74) is 0.933. The zero-order chi connectivity index (χ0) is 20.6. The Morgan fingerprint density at radius 1 is 1.07 bits per heavy atom. The Labute approximate surface area is 170 Å². The van der Waals surface area contributed by atoms with Crippen molar-refractivity contribution in [3.05, 3.63) is 35.3 Å².